The summed E-state index contributed by atoms with van der Waals surface area (Å²) < 4.78 is 17.3. The topological polar surface area (TPSA) is 99.7 Å². The Labute approximate surface area is 128 Å². The Morgan fingerprint density at radius 1 is 1.38 bits per heavy atom. The summed E-state index contributed by atoms with van der Waals surface area (Å²) >= 11 is 4.84. The molecule has 2 heterocycles. The summed E-state index contributed by atoms with van der Waals surface area (Å²) in [6, 6.07) is 0. The van der Waals surface area contributed by atoms with Crippen LogP contribution in [0.3, 0.4) is 0 Å². The van der Waals surface area contributed by atoms with Crippen molar-refractivity contribution in [2.75, 3.05) is 51.2 Å². The fraction of sp³-hybridized carbons (Fsp3) is 0.727. The average Bonchev–Trinajstić information content (AvgIpc) is 2.90. The van der Waals surface area contributed by atoms with Crippen LogP contribution in [0.4, 0.5) is 11.9 Å². The number of hydrogen-bond donors (Lipinski definition) is 2. The lowest BCUT2D eigenvalue weighted by Crippen LogP contribution is -2.39. The summed E-state index contributed by atoms with van der Waals surface area (Å²) in [6.07, 6.45) is -1.11. The number of ether oxygens (including phenoxy) is 3. The first kappa shape index (κ1) is 15.9. The molecule has 0 aromatic carbocycles. The van der Waals surface area contributed by atoms with Crippen LogP contribution < -0.4 is 16.0 Å². The fourth-order valence-corrected chi connectivity index (χ4v) is 2.25. The summed E-state index contributed by atoms with van der Waals surface area (Å²) in [4.78, 5) is 6.30. The van der Waals surface area contributed by atoms with E-state index in [1.165, 1.54) is 24.4 Å². The molecule has 0 saturated carbocycles. The molecule has 1 unspecified atom stereocenters. The van der Waals surface area contributed by atoms with Crippen molar-refractivity contribution in [3.05, 3.63) is 0 Å². The smallest absolute Gasteiger partial charge is 0.246 e. The predicted molar refractivity (Wildman–Crippen MR) is 81.1 cm³/mol. The first-order valence-electron chi connectivity index (χ1n) is 6.51. The van der Waals surface area contributed by atoms with Crippen molar-refractivity contribution in [2.45, 2.75) is 12.5 Å². The molecule has 2 rings (SSSR count). The lowest BCUT2D eigenvalue weighted by Gasteiger charge is -2.26. The van der Waals surface area contributed by atoms with Gasteiger partial charge in [-0.1, -0.05) is 12.2 Å². The Bertz CT molecular complexity index is 461. The highest BCUT2D eigenvalue weighted by atomic mass is 32.1. The highest BCUT2D eigenvalue weighted by Crippen LogP contribution is 2.19. The minimum absolute atomic E-state index is 0.255. The molecule has 3 N–H and O–H groups in total. The van der Waals surface area contributed by atoms with Crippen LogP contribution in [0.1, 0.15) is 6.17 Å². The van der Waals surface area contributed by atoms with Crippen molar-refractivity contribution < 1.29 is 14.2 Å². The summed E-state index contributed by atoms with van der Waals surface area (Å²) in [5.41, 5.74) is 7.33. The van der Waals surface area contributed by atoms with Gasteiger partial charge in [-0.05, 0) is 0 Å². The largest absolute Gasteiger partial charge is 0.378 e. The molecule has 1 aromatic heterocycles. The van der Waals surface area contributed by atoms with Crippen LogP contribution in [0.25, 0.3) is 0 Å². The zero-order valence-electron chi connectivity index (χ0n) is 12.1. The van der Waals surface area contributed by atoms with E-state index in [2.05, 4.69) is 15.4 Å². The Hall–Kier alpha value is -1.49. The molecule has 10 heteroatoms. The first-order chi connectivity index (χ1) is 10.2. The minimum atomic E-state index is -0.606. The number of nitrogens with one attached hydrogen (secondary N) is 1. The molecule has 0 bridgehead atoms. The third-order valence-corrected chi connectivity index (χ3v) is 3.30. The summed E-state index contributed by atoms with van der Waals surface area (Å²) in [6.45, 7) is 2.75. The van der Waals surface area contributed by atoms with Crippen LogP contribution in [-0.4, -0.2) is 67.1 Å². The molecule has 1 atom stereocenters. The zero-order chi connectivity index (χ0) is 15.2. The lowest BCUT2D eigenvalue weighted by atomic mass is 10.4. The van der Waals surface area contributed by atoms with Crippen LogP contribution in [0.2, 0.25) is 0 Å². The van der Waals surface area contributed by atoms with E-state index in [1.54, 1.807) is 0 Å². The molecule has 9 nitrogen and oxygen atoms in total. The monoisotopic (exact) mass is 316 g/mol. The fourth-order valence-electron chi connectivity index (χ4n) is 2.11. The maximum atomic E-state index is 5.96. The van der Waals surface area contributed by atoms with E-state index in [0.717, 1.165) is 13.1 Å². The third kappa shape index (κ3) is 3.59. The van der Waals surface area contributed by atoms with Gasteiger partial charge < -0.3 is 30.2 Å². The molecule has 118 valence electrons. The number of rotatable bonds is 7. The van der Waals surface area contributed by atoms with Crippen LogP contribution in [-0.2, 0) is 14.2 Å². The van der Waals surface area contributed by atoms with Crippen molar-refractivity contribution in [3.63, 3.8) is 0 Å². The standard InChI is InChI=1S/C11H20N6O3S/c1-18-9(19-2)8(13-7-21)17-10(12)14-11(15-17)16-3-5-20-6-4-16/h7-9H,3-6H2,1-2H3,(H,13,21)(H2,12,14,15). The molecule has 1 aliphatic heterocycles. The van der Waals surface area contributed by atoms with E-state index in [-0.39, 0.29) is 5.95 Å². The molecule has 0 aliphatic carbocycles. The SMILES string of the molecule is COC(OC)C(NC=S)n1nc(N2CCOCC2)nc1N. The van der Waals surface area contributed by atoms with Crippen molar-refractivity contribution in [3.8, 4) is 0 Å². The van der Waals surface area contributed by atoms with Gasteiger partial charge in [0, 0.05) is 27.3 Å². The second kappa shape index (κ2) is 7.50. The second-order valence-electron chi connectivity index (χ2n) is 4.38. The quantitative estimate of drug-likeness (QED) is 0.502. The van der Waals surface area contributed by atoms with Crippen LogP contribution in [0.15, 0.2) is 0 Å². The summed E-state index contributed by atoms with van der Waals surface area (Å²) in [5, 5.41) is 7.37. The van der Waals surface area contributed by atoms with Gasteiger partial charge in [0.05, 0.1) is 18.7 Å². The van der Waals surface area contributed by atoms with Gasteiger partial charge in [0.25, 0.3) is 0 Å². The van der Waals surface area contributed by atoms with Gasteiger partial charge in [0.2, 0.25) is 11.9 Å². The predicted octanol–water partition coefficient (Wildman–Crippen LogP) is -0.639. The van der Waals surface area contributed by atoms with Crippen molar-refractivity contribution in [2.24, 2.45) is 0 Å². The van der Waals surface area contributed by atoms with Crippen LogP contribution >= 0.6 is 12.2 Å². The van der Waals surface area contributed by atoms with Crippen molar-refractivity contribution in [1.82, 2.24) is 20.1 Å². The summed E-state index contributed by atoms with van der Waals surface area (Å²) in [7, 11) is 3.06. The zero-order valence-corrected chi connectivity index (χ0v) is 12.9. The molecule has 1 saturated heterocycles. The molecule has 21 heavy (non-hydrogen) atoms. The maximum Gasteiger partial charge on any atom is 0.246 e. The number of anilines is 2. The molecule has 1 aromatic rings. The molecule has 1 fully saturated rings. The van der Waals surface area contributed by atoms with Gasteiger partial charge in [-0.25, -0.2) is 4.68 Å². The Morgan fingerprint density at radius 3 is 2.62 bits per heavy atom. The number of nitrogens with two attached hydrogens (primary N) is 1. The molecule has 1 aliphatic rings. The highest BCUT2D eigenvalue weighted by molar-refractivity contribution is 7.78. The number of nitrogens with zero attached hydrogens (tertiary/aromatic N) is 4. The minimum Gasteiger partial charge on any atom is -0.378 e. The Kier molecular flexibility index (Phi) is 5.67. The summed E-state index contributed by atoms with van der Waals surface area (Å²) in [5.74, 6) is 0.808. The molecular weight excluding hydrogens is 296 g/mol. The number of hydrogen-bond acceptors (Lipinski definition) is 8. The van der Waals surface area contributed by atoms with E-state index in [0.29, 0.717) is 19.2 Å². The lowest BCUT2D eigenvalue weighted by molar-refractivity contribution is -0.136. The Morgan fingerprint density at radius 2 is 2.05 bits per heavy atom. The van der Waals surface area contributed by atoms with E-state index < -0.39 is 12.5 Å². The highest BCUT2D eigenvalue weighted by Gasteiger charge is 2.27. The van der Waals surface area contributed by atoms with Gasteiger partial charge in [-0.2, -0.15) is 4.98 Å². The van der Waals surface area contributed by atoms with E-state index >= 15 is 0 Å². The average molecular weight is 316 g/mol. The number of thiocarbonyl (C=S) groups is 1. The van der Waals surface area contributed by atoms with Gasteiger partial charge in [0.15, 0.2) is 12.5 Å². The van der Waals surface area contributed by atoms with E-state index in [1.807, 2.05) is 4.90 Å². The van der Waals surface area contributed by atoms with Gasteiger partial charge in [0.1, 0.15) is 0 Å². The van der Waals surface area contributed by atoms with E-state index in [4.69, 9.17) is 32.2 Å². The van der Waals surface area contributed by atoms with Crippen molar-refractivity contribution >= 4 is 29.6 Å². The van der Waals surface area contributed by atoms with Crippen LogP contribution in [0.5, 0.6) is 0 Å². The van der Waals surface area contributed by atoms with Crippen LogP contribution in [0, 0.1) is 0 Å². The molecule has 0 spiro atoms. The van der Waals surface area contributed by atoms with Gasteiger partial charge in [-0.3, -0.25) is 0 Å². The Balaban J connectivity index is 2.23. The molecular formula is C11H20N6O3S. The maximum absolute atomic E-state index is 5.96. The number of morpholine rings is 1. The van der Waals surface area contributed by atoms with E-state index in [9.17, 15) is 0 Å². The molecule has 0 amide bonds. The number of aromatic nitrogens is 3. The first-order valence-corrected chi connectivity index (χ1v) is 6.98. The number of nitrogen functional groups attached to an aromatic ring is 1. The third-order valence-electron chi connectivity index (χ3n) is 3.17. The van der Waals surface area contributed by atoms with Crippen molar-refractivity contribution in [1.29, 1.82) is 0 Å². The normalized spacial score (nSPS) is 17.0. The molecule has 0 radical (unpaired) electrons. The second-order valence-corrected chi connectivity index (χ2v) is 4.62. The van der Waals surface area contributed by atoms with Gasteiger partial charge >= 0.3 is 0 Å². The van der Waals surface area contributed by atoms with Gasteiger partial charge in [-0.15, -0.1) is 5.10 Å². The number of methoxy groups -OCH3 is 2.